The third kappa shape index (κ3) is 3.44. The molecule has 6 nitrogen and oxygen atoms in total. The Bertz CT molecular complexity index is 1400. The van der Waals surface area contributed by atoms with E-state index in [-0.39, 0.29) is 6.61 Å². The molecule has 0 aliphatic heterocycles. The summed E-state index contributed by atoms with van der Waals surface area (Å²) in [7, 11) is 0. The van der Waals surface area contributed by atoms with Gasteiger partial charge in [0.2, 0.25) is 0 Å². The van der Waals surface area contributed by atoms with Crippen LogP contribution in [0.3, 0.4) is 0 Å². The van der Waals surface area contributed by atoms with Crippen LogP contribution in [0.2, 0.25) is 0 Å². The summed E-state index contributed by atoms with van der Waals surface area (Å²) in [5.74, 6) is 0.821. The Hall–Kier alpha value is -3.58. The van der Waals surface area contributed by atoms with Gasteiger partial charge in [0.15, 0.2) is 11.8 Å². The fraction of sp³-hybridized carbons (Fsp3) is 0.0870. The molecule has 2 aromatic heterocycles. The molecule has 0 unspecified atom stereocenters. The standard InChI is InChI=1S/C23H18N4O2S/c24-21(28)13-29-16-7-5-6-15(12-16)14-30-23-26-18-9-2-1-8-17(18)22-25-19-10-3-4-11-20(19)27(22)23/h1-12H,13-14H2,(H2,24,28). The number of nitrogens with two attached hydrogens (primary N) is 1. The Kier molecular flexibility index (Phi) is 4.72. The molecule has 0 aliphatic carbocycles. The molecule has 5 aromatic rings. The van der Waals surface area contributed by atoms with Gasteiger partial charge in [-0.25, -0.2) is 9.97 Å². The lowest BCUT2D eigenvalue weighted by Gasteiger charge is -2.09. The number of primary amides is 1. The van der Waals surface area contributed by atoms with Crippen LogP contribution in [0.1, 0.15) is 5.56 Å². The molecule has 30 heavy (non-hydrogen) atoms. The molecule has 0 saturated carbocycles. The first-order valence-corrected chi connectivity index (χ1v) is 10.5. The van der Waals surface area contributed by atoms with Crippen molar-refractivity contribution in [2.24, 2.45) is 5.73 Å². The molecule has 2 heterocycles. The van der Waals surface area contributed by atoms with Crippen LogP contribution in [0.25, 0.3) is 27.6 Å². The average molecular weight is 414 g/mol. The van der Waals surface area contributed by atoms with E-state index in [1.165, 1.54) is 0 Å². The second-order valence-electron chi connectivity index (χ2n) is 6.86. The van der Waals surface area contributed by atoms with Crippen LogP contribution >= 0.6 is 11.8 Å². The maximum atomic E-state index is 11.0. The smallest absolute Gasteiger partial charge is 0.255 e. The molecule has 0 aliphatic rings. The van der Waals surface area contributed by atoms with Gasteiger partial charge in [0.1, 0.15) is 11.4 Å². The summed E-state index contributed by atoms with van der Waals surface area (Å²) < 4.78 is 7.54. The van der Waals surface area contributed by atoms with Crippen LogP contribution in [-0.2, 0) is 10.5 Å². The first-order valence-electron chi connectivity index (χ1n) is 9.48. The molecule has 148 valence electrons. The van der Waals surface area contributed by atoms with E-state index in [0.29, 0.717) is 11.5 Å². The Morgan fingerprint density at radius 3 is 2.63 bits per heavy atom. The van der Waals surface area contributed by atoms with E-state index in [0.717, 1.165) is 38.3 Å². The number of carbonyl (C=O) groups is 1. The van der Waals surface area contributed by atoms with Gasteiger partial charge in [0, 0.05) is 11.1 Å². The highest BCUT2D eigenvalue weighted by molar-refractivity contribution is 7.98. The van der Waals surface area contributed by atoms with Crippen LogP contribution in [0.4, 0.5) is 0 Å². The number of rotatable bonds is 6. The van der Waals surface area contributed by atoms with Crippen molar-refractivity contribution >= 4 is 45.3 Å². The minimum absolute atomic E-state index is 0.134. The monoisotopic (exact) mass is 414 g/mol. The lowest BCUT2D eigenvalue weighted by molar-refractivity contribution is -0.119. The minimum atomic E-state index is -0.496. The van der Waals surface area contributed by atoms with Crippen molar-refractivity contribution in [3.63, 3.8) is 0 Å². The molecule has 0 saturated heterocycles. The minimum Gasteiger partial charge on any atom is -0.484 e. The molecular formula is C23H18N4O2S. The fourth-order valence-corrected chi connectivity index (χ4v) is 4.39. The van der Waals surface area contributed by atoms with Crippen molar-refractivity contribution in [3.8, 4) is 5.75 Å². The zero-order valence-corrected chi connectivity index (χ0v) is 16.8. The van der Waals surface area contributed by atoms with Gasteiger partial charge < -0.3 is 10.5 Å². The molecule has 0 radical (unpaired) electrons. The Balaban J connectivity index is 1.54. The quantitative estimate of drug-likeness (QED) is 0.333. The van der Waals surface area contributed by atoms with Crippen molar-refractivity contribution in [1.29, 1.82) is 0 Å². The first kappa shape index (κ1) is 18.4. The third-order valence-corrected chi connectivity index (χ3v) is 5.77. The van der Waals surface area contributed by atoms with Gasteiger partial charge in [-0.1, -0.05) is 48.2 Å². The summed E-state index contributed by atoms with van der Waals surface area (Å²) in [5, 5.41) is 1.90. The van der Waals surface area contributed by atoms with Crippen molar-refractivity contribution < 1.29 is 9.53 Å². The number of imidazole rings is 1. The van der Waals surface area contributed by atoms with Crippen molar-refractivity contribution in [3.05, 3.63) is 78.4 Å². The Labute approximate surface area is 176 Å². The van der Waals surface area contributed by atoms with Crippen molar-refractivity contribution in [1.82, 2.24) is 14.4 Å². The number of hydrogen-bond acceptors (Lipinski definition) is 5. The lowest BCUT2D eigenvalue weighted by Crippen LogP contribution is -2.20. The van der Waals surface area contributed by atoms with Crippen LogP contribution in [-0.4, -0.2) is 26.9 Å². The molecule has 3 aromatic carbocycles. The molecular weight excluding hydrogens is 396 g/mol. The number of thioether (sulfide) groups is 1. The number of carbonyl (C=O) groups excluding carboxylic acids is 1. The van der Waals surface area contributed by atoms with Gasteiger partial charge >= 0.3 is 0 Å². The lowest BCUT2D eigenvalue weighted by atomic mass is 10.2. The van der Waals surface area contributed by atoms with Gasteiger partial charge in [0.05, 0.1) is 16.6 Å². The van der Waals surface area contributed by atoms with Gasteiger partial charge in [-0.3, -0.25) is 9.20 Å². The zero-order valence-electron chi connectivity index (χ0n) is 16.0. The zero-order chi connectivity index (χ0) is 20.5. The van der Waals surface area contributed by atoms with E-state index in [4.69, 9.17) is 20.4 Å². The molecule has 0 spiro atoms. The average Bonchev–Trinajstić information content (AvgIpc) is 3.16. The number of hydrogen-bond donors (Lipinski definition) is 1. The number of benzene rings is 3. The predicted octanol–water partition coefficient (Wildman–Crippen LogP) is 4.19. The van der Waals surface area contributed by atoms with E-state index in [2.05, 4.69) is 16.5 Å². The summed E-state index contributed by atoms with van der Waals surface area (Å²) in [6.07, 6.45) is 0. The van der Waals surface area contributed by atoms with E-state index >= 15 is 0 Å². The van der Waals surface area contributed by atoms with Crippen LogP contribution in [0, 0.1) is 0 Å². The van der Waals surface area contributed by atoms with Gasteiger partial charge in [0.25, 0.3) is 5.91 Å². The van der Waals surface area contributed by atoms with Gasteiger partial charge in [-0.2, -0.15) is 0 Å². The van der Waals surface area contributed by atoms with Crippen molar-refractivity contribution in [2.75, 3.05) is 6.61 Å². The molecule has 1 amide bonds. The highest BCUT2D eigenvalue weighted by Crippen LogP contribution is 2.30. The largest absolute Gasteiger partial charge is 0.484 e. The molecule has 5 rings (SSSR count). The number of nitrogens with zero attached hydrogens (tertiary/aromatic N) is 3. The molecule has 7 heteroatoms. The molecule has 0 fully saturated rings. The van der Waals surface area contributed by atoms with E-state index < -0.39 is 5.91 Å². The number of amides is 1. The third-order valence-electron chi connectivity index (χ3n) is 4.76. The maximum absolute atomic E-state index is 11.0. The second-order valence-corrected chi connectivity index (χ2v) is 7.80. The highest BCUT2D eigenvalue weighted by Gasteiger charge is 2.14. The van der Waals surface area contributed by atoms with Crippen LogP contribution < -0.4 is 10.5 Å². The predicted molar refractivity (Wildman–Crippen MR) is 119 cm³/mol. The summed E-state index contributed by atoms with van der Waals surface area (Å²) in [6.45, 7) is -0.134. The van der Waals surface area contributed by atoms with Crippen LogP contribution in [0.15, 0.2) is 78.0 Å². The summed E-state index contributed by atoms with van der Waals surface area (Å²) >= 11 is 1.64. The molecule has 0 bridgehead atoms. The number of ether oxygens (including phenoxy) is 1. The normalized spacial score (nSPS) is 11.3. The van der Waals surface area contributed by atoms with E-state index in [1.807, 2.05) is 60.7 Å². The van der Waals surface area contributed by atoms with E-state index in [1.54, 1.807) is 11.8 Å². The van der Waals surface area contributed by atoms with E-state index in [9.17, 15) is 4.79 Å². The fourth-order valence-electron chi connectivity index (χ4n) is 3.44. The number of para-hydroxylation sites is 3. The first-order chi connectivity index (χ1) is 14.7. The maximum Gasteiger partial charge on any atom is 0.255 e. The summed E-state index contributed by atoms with van der Waals surface area (Å²) in [4.78, 5) is 20.7. The van der Waals surface area contributed by atoms with Crippen molar-refractivity contribution in [2.45, 2.75) is 10.9 Å². The van der Waals surface area contributed by atoms with Gasteiger partial charge in [-0.05, 0) is 42.0 Å². The second kappa shape index (κ2) is 7.68. The summed E-state index contributed by atoms with van der Waals surface area (Å²) in [5.41, 5.74) is 10.0. The highest BCUT2D eigenvalue weighted by atomic mass is 32.2. The number of fused-ring (bicyclic) bond motifs is 5. The SMILES string of the molecule is NC(=O)COc1cccc(CSc2nc3ccccc3c3nc4ccccc4n23)c1. The Morgan fingerprint density at radius 1 is 0.967 bits per heavy atom. The van der Waals surface area contributed by atoms with Gasteiger partial charge in [-0.15, -0.1) is 0 Å². The van der Waals surface area contributed by atoms with Crippen LogP contribution in [0.5, 0.6) is 5.75 Å². The topological polar surface area (TPSA) is 82.5 Å². The number of aromatic nitrogens is 3. The molecule has 2 N–H and O–H groups in total. The summed E-state index contributed by atoms with van der Waals surface area (Å²) in [6, 6.07) is 23.8. The Morgan fingerprint density at radius 2 is 1.77 bits per heavy atom. The molecule has 0 atom stereocenters.